The summed E-state index contributed by atoms with van der Waals surface area (Å²) in [6.45, 7) is 7.39. The fourth-order valence-electron chi connectivity index (χ4n) is 4.12. The van der Waals surface area contributed by atoms with Crippen LogP contribution in [0.25, 0.3) is 0 Å². The van der Waals surface area contributed by atoms with Gasteiger partial charge in [0.05, 0.1) is 19.9 Å². The Hall–Kier alpha value is -2.82. The molecule has 10 heteroatoms. The monoisotopic (exact) mass is 490 g/mol. The van der Waals surface area contributed by atoms with Gasteiger partial charge in [-0.25, -0.2) is 8.42 Å². The molecule has 2 aromatic rings. The highest BCUT2D eigenvalue weighted by Gasteiger charge is 2.44. The zero-order chi connectivity index (χ0) is 25.0. The fraction of sp³-hybridized carbons (Fsp3) is 0.458. The highest BCUT2D eigenvalue weighted by Crippen LogP contribution is 2.30. The molecular formula is C24H34N4O5S. The van der Waals surface area contributed by atoms with Crippen LogP contribution in [-0.4, -0.2) is 52.4 Å². The number of methoxy groups -OCH3 is 2. The number of anilines is 2. The molecule has 9 nitrogen and oxygen atoms in total. The van der Waals surface area contributed by atoms with E-state index in [1.807, 2.05) is 26.0 Å². The van der Waals surface area contributed by atoms with Crippen molar-refractivity contribution in [2.24, 2.45) is 0 Å². The van der Waals surface area contributed by atoms with Crippen LogP contribution >= 0.6 is 0 Å². The molecular weight excluding hydrogens is 456 g/mol. The molecule has 1 heterocycles. The Labute approximate surface area is 201 Å². The summed E-state index contributed by atoms with van der Waals surface area (Å²) in [5.41, 5.74) is 7.98. The molecule has 2 aromatic carbocycles. The molecule has 2 atom stereocenters. The maximum atomic E-state index is 13.8. The lowest BCUT2D eigenvalue weighted by Gasteiger charge is -2.30. The zero-order valence-electron chi connectivity index (χ0n) is 20.5. The van der Waals surface area contributed by atoms with Gasteiger partial charge in [0.15, 0.2) is 11.5 Å². The van der Waals surface area contributed by atoms with E-state index in [1.165, 1.54) is 18.5 Å². The van der Waals surface area contributed by atoms with E-state index in [-0.39, 0.29) is 18.6 Å². The largest absolute Gasteiger partial charge is 0.493 e. The normalized spacial score (nSPS) is 20.3. The van der Waals surface area contributed by atoms with Gasteiger partial charge in [0, 0.05) is 23.8 Å². The summed E-state index contributed by atoms with van der Waals surface area (Å²) in [5.74, 6) is 0.817. The third-order valence-corrected chi connectivity index (χ3v) is 8.44. The summed E-state index contributed by atoms with van der Waals surface area (Å²) in [4.78, 5) is 13.0. The molecule has 186 valence electrons. The number of amides is 1. The third-order valence-electron chi connectivity index (χ3n) is 5.98. The smallest absolute Gasteiger partial charge is 0.245 e. The van der Waals surface area contributed by atoms with Gasteiger partial charge in [-0.05, 0) is 49.6 Å². The highest BCUT2D eigenvalue weighted by atomic mass is 32.2. The van der Waals surface area contributed by atoms with Gasteiger partial charge >= 0.3 is 0 Å². The number of sulfonamides is 1. The van der Waals surface area contributed by atoms with Crippen LogP contribution in [-0.2, 0) is 14.8 Å². The predicted octanol–water partition coefficient (Wildman–Crippen LogP) is 2.86. The van der Waals surface area contributed by atoms with Crippen LogP contribution < -0.4 is 29.9 Å². The SMILES string of the molecule is COc1ccc(NC(=O)CN(c2ccc(C(C)C)cc2)S(=O)(=O)C2C(C)NNC2C)cc1OC. The summed E-state index contributed by atoms with van der Waals surface area (Å²) in [5, 5.41) is 2.03. The number of carbonyl (C=O) groups excluding carboxylic acids is 1. The maximum Gasteiger partial charge on any atom is 0.245 e. The average molecular weight is 491 g/mol. The fourth-order valence-corrected chi connectivity index (χ4v) is 6.30. The van der Waals surface area contributed by atoms with Crippen LogP contribution in [0.2, 0.25) is 0 Å². The van der Waals surface area contributed by atoms with Gasteiger partial charge in [0.2, 0.25) is 15.9 Å². The van der Waals surface area contributed by atoms with E-state index in [0.717, 1.165) is 5.56 Å². The molecule has 0 aromatic heterocycles. The first kappa shape index (κ1) is 25.8. The molecule has 0 spiro atoms. The first-order valence-corrected chi connectivity index (χ1v) is 12.7. The Morgan fingerprint density at radius 1 is 1.00 bits per heavy atom. The van der Waals surface area contributed by atoms with Crippen LogP contribution in [0.15, 0.2) is 42.5 Å². The van der Waals surface area contributed by atoms with Crippen LogP contribution in [0, 0.1) is 0 Å². The quantitative estimate of drug-likeness (QED) is 0.496. The summed E-state index contributed by atoms with van der Waals surface area (Å²) >= 11 is 0. The number of benzene rings is 2. The molecule has 1 aliphatic heterocycles. The molecule has 1 saturated heterocycles. The topological polar surface area (TPSA) is 109 Å². The summed E-state index contributed by atoms with van der Waals surface area (Å²) in [7, 11) is -0.863. The first-order chi connectivity index (χ1) is 16.1. The zero-order valence-corrected chi connectivity index (χ0v) is 21.3. The van der Waals surface area contributed by atoms with Crippen LogP contribution in [0.5, 0.6) is 11.5 Å². The minimum absolute atomic E-state index is 0.302. The Morgan fingerprint density at radius 3 is 2.12 bits per heavy atom. The third kappa shape index (κ3) is 5.45. The van der Waals surface area contributed by atoms with E-state index in [1.54, 1.807) is 30.3 Å². The van der Waals surface area contributed by atoms with Crippen LogP contribution in [0.4, 0.5) is 11.4 Å². The maximum absolute atomic E-state index is 13.8. The Bertz CT molecular complexity index is 1090. The standard InChI is InChI=1S/C24H34N4O5S/c1-15(2)18-7-10-20(11-8-18)28(34(30,31)24-16(3)26-27-17(24)4)14-23(29)25-19-9-12-21(32-5)22(13-19)33-6/h7-13,15-17,24,26-27H,14H2,1-6H3,(H,25,29). The minimum Gasteiger partial charge on any atom is -0.493 e. The van der Waals surface area contributed by atoms with Crippen molar-refractivity contribution in [1.82, 2.24) is 10.9 Å². The molecule has 0 saturated carbocycles. The molecule has 34 heavy (non-hydrogen) atoms. The van der Waals surface area contributed by atoms with Crippen molar-refractivity contribution in [3.63, 3.8) is 0 Å². The molecule has 3 rings (SSSR count). The number of hydrogen-bond donors (Lipinski definition) is 3. The minimum atomic E-state index is -3.89. The Kier molecular flexibility index (Phi) is 8.06. The molecule has 1 aliphatic rings. The summed E-state index contributed by atoms with van der Waals surface area (Å²) < 4.78 is 39.3. The van der Waals surface area contributed by atoms with Crippen molar-refractivity contribution in [2.45, 2.75) is 50.9 Å². The van der Waals surface area contributed by atoms with E-state index >= 15 is 0 Å². The number of nitrogens with zero attached hydrogens (tertiary/aromatic N) is 1. The van der Waals surface area contributed by atoms with Crippen molar-refractivity contribution >= 4 is 27.3 Å². The van der Waals surface area contributed by atoms with Gasteiger partial charge in [-0.3, -0.25) is 20.0 Å². The number of nitrogens with one attached hydrogen (secondary N) is 3. The number of rotatable bonds is 9. The lowest BCUT2D eigenvalue weighted by atomic mass is 10.0. The molecule has 0 bridgehead atoms. The van der Waals surface area contributed by atoms with Gasteiger partial charge in [-0.2, -0.15) is 0 Å². The van der Waals surface area contributed by atoms with Crippen molar-refractivity contribution in [3.05, 3.63) is 48.0 Å². The summed E-state index contributed by atoms with van der Waals surface area (Å²) in [6.07, 6.45) is 0. The van der Waals surface area contributed by atoms with Crippen molar-refractivity contribution < 1.29 is 22.7 Å². The van der Waals surface area contributed by atoms with Gasteiger partial charge < -0.3 is 14.8 Å². The van der Waals surface area contributed by atoms with Crippen LogP contribution in [0.3, 0.4) is 0 Å². The predicted molar refractivity (Wildman–Crippen MR) is 134 cm³/mol. The van der Waals surface area contributed by atoms with Crippen molar-refractivity contribution in [2.75, 3.05) is 30.4 Å². The van der Waals surface area contributed by atoms with E-state index in [4.69, 9.17) is 9.47 Å². The second-order valence-electron chi connectivity index (χ2n) is 8.75. The van der Waals surface area contributed by atoms with E-state index in [0.29, 0.717) is 28.8 Å². The molecule has 0 aliphatic carbocycles. The average Bonchev–Trinajstić information content (AvgIpc) is 3.15. The number of carbonyl (C=O) groups is 1. The van der Waals surface area contributed by atoms with Gasteiger partial charge in [-0.15, -0.1) is 0 Å². The molecule has 0 radical (unpaired) electrons. The van der Waals surface area contributed by atoms with E-state index < -0.39 is 21.2 Å². The Morgan fingerprint density at radius 2 is 1.59 bits per heavy atom. The molecule has 1 fully saturated rings. The lowest BCUT2D eigenvalue weighted by Crippen LogP contribution is -2.49. The first-order valence-electron chi connectivity index (χ1n) is 11.2. The van der Waals surface area contributed by atoms with Gasteiger partial charge in [0.1, 0.15) is 11.8 Å². The summed E-state index contributed by atoms with van der Waals surface area (Å²) in [6, 6.07) is 11.6. The second kappa shape index (κ2) is 10.6. The molecule has 1 amide bonds. The highest BCUT2D eigenvalue weighted by molar-refractivity contribution is 7.93. The molecule has 3 N–H and O–H groups in total. The number of hydrazine groups is 1. The number of ether oxygens (including phenoxy) is 2. The number of hydrogen-bond acceptors (Lipinski definition) is 7. The van der Waals surface area contributed by atoms with Crippen molar-refractivity contribution in [1.29, 1.82) is 0 Å². The second-order valence-corrected chi connectivity index (χ2v) is 10.8. The van der Waals surface area contributed by atoms with Crippen molar-refractivity contribution in [3.8, 4) is 11.5 Å². The molecule has 2 unspecified atom stereocenters. The van der Waals surface area contributed by atoms with Gasteiger partial charge in [-0.1, -0.05) is 26.0 Å². The van der Waals surface area contributed by atoms with Gasteiger partial charge in [0.25, 0.3) is 0 Å². The van der Waals surface area contributed by atoms with Crippen LogP contribution in [0.1, 0.15) is 39.2 Å². The van der Waals surface area contributed by atoms with E-state index in [9.17, 15) is 13.2 Å². The lowest BCUT2D eigenvalue weighted by molar-refractivity contribution is -0.114. The van der Waals surface area contributed by atoms with E-state index in [2.05, 4.69) is 30.0 Å². The Balaban J connectivity index is 1.91.